The Morgan fingerprint density at radius 2 is 1.54 bits per heavy atom. The fourth-order valence-electron chi connectivity index (χ4n) is 2.20. The van der Waals surface area contributed by atoms with Gasteiger partial charge in [0.1, 0.15) is 0 Å². The highest BCUT2D eigenvalue weighted by atomic mass is 32.2. The third-order valence-electron chi connectivity index (χ3n) is 3.64. The minimum atomic E-state index is -4.64. The van der Waals surface area contributed by atoms with Gasteiger partial charge in [0.2, 0.25) is 0 Å². The molecule has 0 saturated carbocycles. The Labute approximate surface area is 149 Å². The number of rotatable bonds is 17. The fourth-order valence-corrected chi connectivity index (χ4v) is 3.63. The zero-order chi connectivity index (χ0) is 18.3. The molecule has 0 aromatic rings. The summed E-state index contributed by atoms with van der Waals surface area (Å²) < 4.78 is 15.4. The lowest BCUT2D eigenvalue weighted by molar-refractivity contribution is 0.115. The van der Waals surface area contributed by atoms with Crippen molar-refractivity contribution in [1.82, 2.24) is 0 Å². The molecule has 0 spiro atoms. The van der Waals surface area contributed by atoms with E-state index in [-0.39, 0.29) is 0 Å². The predicted molar refractivity (Wildman–Crippen MR) is 99.0 cm³/mol. The van der Waals surface area contributed by atoms with Crippen molar-refractivity contribution in [3.63, 3.8) is 0 Å². The monoisotopic (exact) mass is 384 g/mol. The lowest BCUT2D eigenvalue weighted by atomic mass is 10.1. The summed E-state index contributed by atoms with van der Waals surface area (Å²) in [6, 6.07) is 0. The SMILES string of the molecule is CCCCCCCCCCCCSC[C@@H](O)COP(=O)(O)C(=O)O. The van der Waals surface area contributed by atoms with Gasteiger partial charge in [-0.3, -0.25) is 4.52 Å². The number of hydrogen-bond acceptors (Lipinski definition) is 5. The van der Waals surface area contributed by atoms with E-state index >= 15 is 0 Å². The highest BCUT2D eigenvalue weighted by molar-refractivity contribution is 7.99. The minimum Gasteiger partial charge on any atom is -0.472 e. The maximum absolute atomic E-state index is 11.0. The van der Waals surface area contributed by atoms with Crippen molar-refractivity contribution in [3.8, 4) is 0 Å². The van der Waals surface area contributed by atoms with Gasteiger partial charge in [0.05, 0.1) is 12.7 Å². The first-order chi connectivity index (χ1) is 11.4. The summed E-state index contributed by atoms with van der Waals surface area (Å²) in [6.45, 7) is 1.79. The summed E-state index contributed by atoms with van der Waals surface area (Å²) in [5.74, 6) is 1.29. The lowest BCUT2D eigenvalue weighted by Gasteiger charge is -2.12. The van der Waals surface area contributed by atoms with Crippen LogP contribution in [-0.4, -0.2) is 45.0 Å². The van der Waals surface area contributed by atoms with Gasteiger partial charge in [-0.1, -0.05) is 64.7 Å². The Balaban J connectivity index is 3.35. The molecule has 2 atom stereocenters. The van der Waals surface area contributed by atoms with Gasteiger partial charge in [-0.2, -0.15) is 11.8 Å². The van der Waals surface area contributed by atoms with Gasteiger partial charge in [-0.25, -0.2) is 9.36 Å². The van der Waals surface area contributed by atoms with Crippen molar-refractivity contribution in [3.05, 3.63) is 0 Å². The molecule has 0 aliphatic heterocycles. The maximum Gasteiger partial charge on any atom is 0.435 e. The maximum atomic E-state index is 11.0. The third kappa shape index (κ3) is 14.3. The second kappa shape index (κ2) is 15.2. The average Bonchev–Trinajstić information content (AvgIpc) is 2.54. The molecule has 0 aliphatic carbocycles. The molecule has 0 saturated heterocycles. The Bertz CT molecular complexity index is 366. The van der Waals surface area contributed by atoms with Gasteiger partial charge >= 0.3 is 13.3 Å². The van der Waals surface area contributed by atoms with Crippen LogP contribution in [0.3, 0.4) is 0 Å². The summed E-state index contributed by atoms with van der Waals surface area (Å²) >= 11 is 1.55. The fraction of sp³-hybridized carbons (Fsp3) is 0.938. The van der Waals surface area contributed by atoms with E-state index in [9.17, 15) is 14.5 Å². The van der Waals surface area contributed by atoms with Gasteiger partial charge < -0.3 is 15.1 Å². The Morgan fingerprint density at radius 1 is 1.04 bits per heavy atom. The summed E-state index contributed by atoms with van der Waals surface area (Å²) in [4.78, 5) is 19.3. The number of aliphatic hydroxyl groups excluding tert-OH is 1. The van der Waals surface area contributed by atoms with Gasteiger partial charge in [0, 0.05) is 5.75 Å². The topological polar surface area (TPSA) is 104 Å². The second-order valence-electron chi connectivity index (χ2n) is 6.01. The van der Waals surface area contributed by atoms with E-state index in [4.69, 9.17) is 10.00 Å². The van der Waals surface area contributed by atoms with Crippen molar-refractivity contribution in [2.75, 3.05) is 18.1 Å². The molecule has 0 aromatic carbocycles. The van der Waals surface area contributed by atoms with Crippen LogP contribution < -0.4 is 0 Å². The quantitative estimate of drug-likeness (QED) is 0.242. The molecule has 144 valence electrons. The molecule has 0 fully saturated rings. The molecule has 8 heteroatoms. The largest absolute Gasteiger partial charge is 0.472 e. The van der Waals surface area contributed by atoms with Crippen molar-refractivity contribution in [1.29, 1.82) is 0 Å². The first kappa shape index (κ1) is 23.9. The molecule has 0 heterocycles. The number of carbonyl (C=O) groups is 1. The molecule has 0 radical (unpaired) electrons. The summed E-state index contributed by atoms with van der Waals surface area (Å²) in [5.41, 5.74) is -1.90. The van der Waals surface area contributed by atoms with E-state index in [1.807, 2.05) is 0 Å². The first-order valence-electron chi connectivity index (χ1n) is 8.86. The molecule has 1 unspecified atom stereocenters. The van der Waals surface area contributed by atoms with E-state index in [2.05, 4.69) is 11.4 Å². The minimum absolute atomic E-state index is 0.372. The summed E-state index contributed by atoms with van der Waals surface area (Å²) in [6.07, 6.45) is 11.9. The lowest BCUT2D eigenvalue weighted by Crippen LogP contribution is -2.18. The van der Waals surface area contributed by atoms with Gasteiger partial charge in [0.25, 0.3) is 0 Å². The predicted octanol–water partition coefficient (Wildman–Crippen LogP) is 4.88. The van der Waals surface area contributed by atoms with Crippen LogP contribution in [0, 0.1) is 0 Å². The van der Waals surface area contributed by atoms with Crippen molar-refractivity contribution < 1.29 is 29.0 Å². The Morgan fingerprint density at radius 3 is 2.04 bits per heavy atom. The van der Waals surface area contributed by atoms with Crippen LogP contribution >= 0.6 is 19.4 Å². The molecule has 0 rings (SSSR count). The van der Waals surface area contributed by atoms with Crippen LogP contribution in [0.5, 0.6) is 0 Å². The van der Waals surface area contributed by atoms with E-state index in [1.165, 1.54) is 57.8 Å². The summed E-state index contributed by atoms with van der Waals surface area (Å²) in [5, 5.41) is 18.0. The number of unbranched alkanes of at least 4 members (excludes halogenated alkanes) is 9. The number of aliphatic hydroxyl groups is 1. The average molecular weight is 384 g/mol. The standard InChI is InChI=1S/C16H33O6PS/c1-2-3-4-5-6-7-8-9-10-11-12-24-14-15(17)13-22-23(20,21)16(18)19/h15,17H,2-14H2,1H3,(H,18,19)(H,20,21)/t15-/m0/s1. The van der Waals surface area contributed by atoms with Crippen LogP contribution in [0.2, 0.25) is 0 Å². The second-order valence-corrected chi connectivity index (χ2v) is 8.84. The van der Waals surface area contributed by atoms with Gasteiger partial charge in [0.15, 0.2) is 0 Å². The molecular weight excluding hydrogens is 351 g/mol. The highest BCUT2D eigenvalue weighted by Gasteiger charge is 2.30. The number of hydrogen-bond donors (Lipinski definition) is 3. The number of carboxylic acid groups (broad SMARTS) is 1. The third-order valence-corrected chi connectivity index (χ3v) is 5.82. The Hall–Kier alpha value is -0.0700. The first-order valence-corrected chi connectivity index (χ1v) is 11.6. The van der Waals surface area contributed by atoms with Gasteiger partial charge in [-0.15, -0.1) is 0 Å². The van der Waals surface area contributed by atoms with Crippen LogP contribution in [0.15, 0.2) is 0 Å². The van der Waals surface area contributed by atoms with Crippen molar-refractivity contribution >= 4 is 25.1 Å². The van der Waals surface area contributed by atoms with E-state index in [1.54, 1.807) is 11.8 Å². The summed E-state index contributed by atoms with van der Waals surface area (Å²) in [7, 11) is -4.64. The smallest absolute Gasteiger partial charge is 0.435 e. The molecular formula is C16H33O6PS. The van der Waals surface area contributed by atoms with Gasteiger partial charge in [-0.05, 0) is 12.2 Å². The molecule has 0 aromatic heterocycles. The molecule has 24 heavy (non-hydrogen) atoms. The molecule has 0 amide bonds. The highest BCUT2D eigenvalue weighted by Crippen LogP contribution is 2.42. The molecule has 0 aliphatic rings. The zero-order valence-corrected chi connectivity index (χ0v) is 16.4. The Kier molecular flexibility index (Phi) is 15.2. The van der Waals surface area contributed by atoms with Crippen LogP contribution in [0.1, 0.15) is 71.1 Å². The molecule has 3 N–H and O–H groups in total. The van der Waals surface area contributed by atoms with E-state index in [0.717, 1.165) is 12.2 Å². The van der Waals surface area contributed by atoms with Crippen molar-refractivity contribution in [2.24, 2.45) is 0 Å². The number of thioether (sulfide) groups is 1. The van der Waals surface area contributed by atoms with Crippen molar-refractivity contribution in [2.45, 2.75) is 77.2 Å². The normalized spacial score (nSPS) is 15.1. The molecule has 6 nitrogen and oxygen atoms in total. The van der Waals surface area contributed by atoms with Crippen LogP contribution in [0.25, 0.3) is 0 Å². The van der Waals surface area contributed by atoms with E-state index in [0.29, 0.717) is 5.75 Å². The zero-order valence-electron chi connectivity index (χ0n) is 14.7. The van der Waals surface area contributed by atoms with Crippen LogP contribution in [0.4, 0.5) is 4.79 Å². The van der Waals surface area contributed by atoms with Crippen LogP contribution in [-0.2, 0) is 9.09 Å². The van der Waals surface area contributed by atoms with E-state index < -0.39 is 26.0 Å². The molecule has 0 bridgehead atoms.